The zero-order valence-corrected chi connectivity index (χ0v) is 10.8. The van der Waals surface area contributed by atoms with Gasteiger partial charge in [-0.15, -0.1) is 0 Å². The number of carbonyl (C=O) groups is 1. The fraction of sp³-hybridized carbons (Fsp3) is 0.533. The third-order valence-corrected chi connectivity index (χ3v) is 3.34. The zero-order valence-electron chi connectivity index (χ0n) is 10.8. The predicted molar refractivity (Wildman–Crippen MR) is 70.6 cm³/mol. The normalized spacial score (nSPS) is 14.8. The summed E-state index contributed by atoms with van der Waals surface area (Å²) in [5.74, 6) is 0.201. The van der Waals surface area contributed by atoms with E-state index >= 15 is 0 Å². The number of benzene rings is 1. The quantitative estimate of drug-likeness (QED) is 0.807. The van der Waals surface area contributed by atoms with Gasteiger partial charge in [-0.05, 0) is 42.9 Å². The van der Waals surface area contributed by atoms with Crippen LogP contribution in [-0.2, 0) is 12.8 Å². The van der Waals surface area contributed by atoms with Gasteiger partial charge in [0.15, 0.2) is 5.78 Å². The molecule has 0 heterocycles. The van der Waals surface area contributed by atoms with Crippen molar-refractivity contribution in [2.45, 2.75) is 45.6 Å². The Hall–Kier alpha value is -1.15. The highest BCUT2D eigenvalue weighted by Gasteiger charge is 2.12. The summed E-state index contributed by atoms with van der Waals surface area (Å²) >= 11 is 0. The molecule has 0 atom stereocenters. The Bertz CT molecular complexity index is 409. The van der Waals surface area contributed by atoms with Gasteiger partial charge in [0.1, 0.15) is 0 Å². The highest BCUT2D eigenvalue weighted by molar-refractivity contribution is 5.97. The number of hydrogen-bond acceptors (Lipinski definition) is 2. The first kappa shape index (κ1) is 12.3. The summed E-state index contributed by atoms with van der Waals surface area (Å²) in [7, 11) is 0. The molecule has 2 heteroatoms. The van der Waals surface area contributed by atoms with Crippen molar-refractivity contribution >= 4 is 5.78 Å². The molecule has 0 spiro atoms. The zero-order chi connectivity index (χ0) is 12.3. The Morgan fingerprint density at radius 2 is 1.94 bits per heavy atom. The Morgan fingerprint density at radius 1 is 1.24 bits per heavy atom. The van der Waals surface area contributed by atoms with Gasteiger partial charge in [0.25, 0.3) is 0 Å². The van der Waals surface area contributed by atoms with Gasteiger partial charge in [-0.3, -0.25) is 4.79 Å². The first-order chi connectivity index (χ1) is 8.16. The fourth-order valence-corrected chi connectivity index (χ4v) is 2.31. The van der Waals surface area contributed by atoms with Crippen molar-refractivity contribution < 1.29 is 4.79 Å². The van der Waals surface area contributed by atoms with Crippen LogP contribution in [0.3, 0.4) is 0 Å². The van der Waals surface area contributed by atoms with Gasteiger partial charge in [0.05, 0.1) is 6.54 Å². The molecule has 0 bridgehead atoms. The molecule has 0 aromatic heterocycles. The average molecular weight is 231 g/mol. The van der Waals surface area contributed by atoms with E-state index in [0.29, 0.717) is 12.6 Å². The molecule has 1 N–H and O–H groups in total. The van der Waals surface area contributed by atoms with Crippen molar-refractivity contribution in [3.05, 3.63) is 34.9 Å². The van der Waals surface area contributed by atoms with E-state index in [9.17, 15) is 4.79 Å². The maximum atomic E-state index is 12.0. The molecule has 1 aromatic rings. The molecule has 0 saturated carbocycles. The SMILES string of the molecule is CC(C)NCC(=O)c1ccc2c(c1)CCCC2. The van der Waals surface area contributed by atoms with Gasteiger partial charge in [0, 0.05) is 11.6 Å². The van der Waals surface area contributed by atoms with Crippen LogP contribution in [0.1, 0.15) is 48.2 Å². The number of Topliss-reactive ketones (excluding diaryl/α,β-unsaturated/α-hetero) is 1. The molecule has 0 amide bonds. The van der Waals surface area contributed by atoms with E-state index in [2.05, 4.69) is 31.3 Å². The number of nitrogens with one attached hydrogen (secondary N) is 1. The van der Waals surface area contributed by atoms with E-state index in [1.165, 1.54) is 30.4 Å². The maximum absolute atomic E-state index is 12.0. The second kappa shape index (κ2) is 5.46. The first-order valence-corrected chi connectivity index (χ1v) is 6.55. The Balaban J connectivity index is 2.08. The van der Waals surface area contributed by atoms with E-state index in [0.717, 1.165) is 12.0 Å². The second-order valence-corrected chi connectivity index (χ2v) is 5.15. The Labute approximate surface area is 103 Å². The lowest BCUT2D eigenvalue weighted by molar-refractivity contribution is 0.0988. The molecular weight excluding hydrogens is 210 g/mol. The lowest BCUT2D eigenvalue weighted by Crippen LogP contribution is -2.29. The van der Waals surface area contributed by atoms with E-state index in [-0.39, 0.29) is 5.78 Å². The number of ketones is 1. The number of rotatable bonds is 4. The number of carbonyl (C=O) groups excluding carboxylic acids is 1. The summed E-state index contributed by atoms with van der Waals surface area (Å²) in [4.78, 5) is 12.0. The number of fused-ring (bicyclic) bond motifs is 1. The molecule has 0 unspecified atom stereocenters. The minimum atomic E-state index is 0.201. The molecule has 0 saturated heterocycles. The van der Waals surface area contributed by atoms with Crippen molar-refractivity contribution in [2.24, 2.45) is 0 Å². The summed E-state index contributed by atoms with van der Waals surface area (Å²) in [6.45, 7) is 4.55. The summed E-state index contributed by atoms with van der Waals surface area (Å²) in [6.07, 6.45) is 4.85. The van der Waals surface area contributed by atoms with Crippen molar-refractivity contribution in [1.82, 2.24) is 5.32 Å². The van der Waals surface area contributed by atoms with Crippen LogP contribution in [0.25, 0.3) is 0 Å². The van der Waals surface area contributed by atoms with Gasteiger partial charge < -0.3 is 5.32 Å². The number of aryl methyl sites for hydroxylation is 2. The summed E-state index contributed by atoms with van der Waals surface area (Å²) in [5, 5.41) is 3.17. The topological polar surface area (TPSA) is 29.1 Å². The van der Waals surface area contributed by atoms with Gasteiger partial charge in [0.2, 0.25) is 0 Å². The van der Waals surface area contributed by atoms with Crippen LogP contribution in [0.2, 0.25) is 0 Å². The molecule has 17 heavy (non-hydrogen) atoms. The minimum absolute atomic E-state index is 0.201. The van der Waals surface area contributed by atoms with Crippen LogP contribution in [0.5, 0.6) is 0 Å². The lowest BCUT2D eigenvalue weighted by Gasteiger charge is -2.16. The highest BCUT2D eigenvalue weighted by Crippen LogP contribution is 2.22. The van der Waals surface area contributed by atoms with Crippen molar-refractivity contribution in [1.29, 1.82) is 0 Å². The van der Waals surface area contributed by atoms with Gasteiger partial charge in [-0.25, -0.2) is 0 Å². The smallest absolute Gasteiger partial charge is 0.176 e. The molecule has 1 aromatic carbocycles. The maximum Gasteiger partial charge on any atom is 0.176 e. The van der Waals surface area contributed by atoms with Crippen molar-refractivity contribution in [3.63, 3.8) is 0 Å². The van der Waals surface area contributed by atoms with Crippen LogP contribution in [-0.4, -0.2) is 18.4 Å². The van der Waals surface area contributed by atoms with E-state index < -0.39 is 0 Å². The molecule has 2 rings (SSSR count). The Kier molecular flexibility index (Phi) is 3.95. The van der Waals surface area contributed by atoms with Crippen molar-refractivity contribution in [2.75, 3.05) is 6.54 Å². The summed E-state index contributed by atoms with van der Waals surface area (Å²) < 4.78 is 0. The largest absolute Gasteiger partial charge is 0.307 e. The third kappa shape index (κ3) is 3.16. The molecule has 2 nitrogen and oxygen atoms in total. The van der Waals surface area contributed by atoms with Crippen LogP contribution < -0.4 is 5.32 Å². The summed E-state index contributed by atoms with van der Waals surface area (Å²) in [6, 6.07) is 6.57. The molecule has 0 fully saturated rings. The molecule has 92 valence electrons. The summed E-state index contributed by atoms with van der Waals surface area (Å²) in [5.41, 5.74) is 3.68. The second-order valence-electron chi connectivity index (χ2n) is 5.15. The molecule has 1 aliphatic rings. The van der Waals surface area contributed by atoms with Gasteiger partial charge in [-0.1, -0.05) is 26.0 Å². The third-order valence-electron chi connectivity index (χ3n) is 3.34. The number of hydrogen-bond donors (Lipinski definition) is 1. The first-order valence-electron chi connectivity index (χ1n) is 6.55. The van der Waals surface area contributed by atoms with E-state index in [4.69, 9.17) is 0 Å². The predicted octanol–water partition coefficient (Wildman–Crippen LogP) is 2.75. The lowest BCUT2D eigenvalue weighted by atomic mass is 9.90. The van der Waals surface area contributed by atoms with Crippen LogP contribution in [0, 0.1) is 0 Å². The standard InChI is InChI=1S/C15H21NO/c1-11(2)16-10-15(17)14-8-7-12-5-3-4-6-13(12)9-14/h7-9,11,16H,3-6,10H2,1-2H3. The monoisotopic (exact) mass is 231 g/mol. The van der Waals surface area contributed by atoms with Crippen molar-refractivity contribution in [3.8, 4) is 0 Å². The van der Waals surface area contributed by atoms with Crippen LogP contribution >= 0.6 is 0 Å². The average Bonchev–Trinajstić information content (AvgIpc) is 2.35. The van der Waals surface area contributed by atoms with Gasteiger partial charge >= 0.3 is 0 Å². The molecule has 1 aliphatic carbocycles. The molecular formula is C15H21NO. The van der Waals surface area contributed by atoms with Crippen LogP contribution in [0.15, 0.2) is 18.2 Å². The van der Waals surface area contributed by atoms with Gasteiger partial charge in [-0.2, -0.15) is 0 Å². The fourth-order valence-electron chi connectivity index (χ4n) is 2.31. The van der Waals surface area contributed by atoms with E-state index in [1.807, 2.05) is 6.07 Å². The molecule has 0 radical (unpaired) electrons. The molecule has 0 aliphatic heterocycles. The van der Waals surface area contributed by atoms with E-state index in [1.54, 1.807) is 0 Å². The highest BCUT2D eigenvalue weighted by atomic mass is 16.1. The van der Waals surface area contributed by atoms with Crippen LogP contribution in [0.4, 0.5) is 0 Å². The Morgan fingerprint density at radius 3 is 2.65 bits per heavy atom. The minimum Gasteiger partial charge on any atom is -0.307 e.